The van der Waals surface area contributed by atoms with E-state index in [-0.39, 0.29) is 5.69 Å². The molecule has 1 aliphatic rings. The summed E-state index contributed by atoms with van der Waals surface area (Å²) < 4.78 is 1.00. The number of aromatic nitrogens is 2. The first kappa shape index (κ1) is 13.7. The van der Waals surface area contributed by atoms with Gasteiger partial charge in [-0.15, -0.1) is 0 Å². The molecule has 1 heterocycles. The van der Waals surface area contributed by atoms with Gasteiger partial charge in [-0.1, -0.05) is 26.2 Å². The van der Waals surface area contributed by atoms with Crippen molar-refractivity contribution in [3.05, 3.63) is 27.1 Å². The highest BCUT2D eigenvalue weighted by molar-refractivity contribution is 9.10. The molecular weight excluding hydrogens is 318 g/mol. The molecule has 1 aliphatic carbocycles. The molecule has 2 unspecified atom stereocenters. The van der Waals surface area contributed by atoms with Gasteiger partial charge in [0.15, 0.2) is 0 Å². The van der Waals surface area contributed by atoms with Crippen LogP contribution in [0, 0.1) is 5.92 Å². The van der Waals surface area contributed by atoms with Gasteiger partial charge in [-0.2, -0.15) is 0 Å². The van der Waals surface area contributed by atoms with Gasteiger partial charge in [0.1, 0.15) is 0 Å². The summed E-state index contributed by atoms with van der Waals surface area (Å²) in [5.74, 6) is 0.747. The number of benzene rings is 1. The number of aromatic amines is 2. The lowest BCUT2D eigenvalue weighted by atomic mass is 9.83. The second kappa shape index (κ2) is 5.64. The number of halogens is 1. The van der Waals surface area contributed by atoms with Gasteiger partial charge in [-0.25, -0.2) is 4.79 Å². The van der Waals surface area contributed by atoms with E-state index >= 15 is 0 Å². The minimum absolute atomic E-state index is 0.159. The molecule has 3 rings (SSSR count). The molecule has 3 N–H and O–H groups in total. The molecule has 108 valence electrons. The fourth-order valence-corrected chi connectivity index (χ4v) is 3.71. The Balaban J connectivity index is 1.89. The largest absolute Gasteiger partial charge is 0.381 e. The molecule has 0 spiro atoms. The summed E-state index contributed by atoms with van der Waals surface area (Å²) in [6.07, 6.45) is 6.41. The lowest BCUT2D eigenvalue weighted by Gasteiger charge is -2.32. The maximum Gasteiger partial charge on any atom is 0.323 e. The summed E-state index contributed by atoms with van der Waals surface area (Å²) in [7, 11) is 0. The van der Waals surface area contributed by atoms with Gasteiger partial charge < -0.3 is 15.3 Å². The monoisotopic (exact) mass is 337 g/mol. The molecule has 5 heteroatoms. The van der Waals surface area contributed by atoms with E-state index in [9.17, 15) is 4.79 Å². The van der Waals surface area contributed by atoms with Crippen LogP contribution in [0.3, 0.4) is 0 Å². The van der Waals surface area contributed by atoms with Crippen molar-refractivity contribution < 1.29 is 0 Å². The van der Waals surface area contributed by atoms with Crippen LogP contribution in [0.4, 0.5) is 5.69 Å². The van der Waals surface area contributed by atoms with Gasteiger partial charge in [0.05, 0.1) is 16.7 Å². The zero-order valence-corrected chi connectivity index (χ0v) is 13.2. The molecule has 4 nitrogen and oxygen atoms in total. The third-order valence-corrected chi connectivity index (χ3v) is 5.03. The topological polar surface area (TPSA) is 60.7 Å². The zero-order chi connectivity index (χ0) is 14.1. The van der Waals surface area contributed by atoms with Crippen LogP contribution in [-0.2, 0) is 0 Å². The van der Waals surface area contributed by atoms with Crippen LogP contribution >= 0.6 is 15.9 Å². The Hall–Kier alpha value is -1.23. The molecule has 2 aromatic rings. The lowest BCUT2D eigenvalue weighted by molar-refractivity contribution is 0.317. The van der Waals surface area contributed by atoms with E-state index < -0.39 is 0 Å². The van der Waals surface area contributed by atoms with Crippen LogP contribution in [0.15, 0.2) is 21.4 Å². The summed E-state index contributed by atoms with van der Waals surface area (Å²) in [4.78, 5) is 17.0. The van der Waals surface area contributed by atoms with Gasteiger partial charge in [-0.3, -0.25) is 0 Å². The number of hydrogen-bond donors (Lipinski definition) is 3. The number of hydrogen-bond acceptors (Lipinski definition) is 2. The standard InChI is InChI=1S/C15H20BrN3O/c1-2-9-5-3-4-6-11(9)17-12-8-14-13(7-10(12)16)18-15(20)19-14/h7-9,11,17H,2-6H2,1H3,(H2,18,19,20). The van der Waals surface area contributed by atoms with Crippen LogP contribution < -0.4 is 11.0 Å². The Bertz CT molecular complexity index is 661. The zero-order valence-electron chi connectivity index (χ0n) is 11.6. The molecule has 1 fully saturated rings. The van der Waals surface area contributed by atoms with E-state index in [2.05, 4.69) is 38.1 Å². The van der Waals surface area contributed by atoms with E-state index in [0.717, 1.165) is 27.1 Å². The minimum atomic E-state index is -0.159. The molecule has 0 bridgehead atoms. The molecule has 1 aromatic carbocycles. The highest BCUT2D eigenvalue weighted by atomic mass is 79.9. The summed E-state index contributed by atoms with van der Waals surface area (Å²) in [5.41, 5.74) is 2.60. The summed E-state index contributed by atoms with van der Waals surface area (Å²) in [6, 6.07) is 4.51. The molecule has 0 radical (unpaired) electrons. The Kier molecular flexibility index (Phi) is 3.87. The van der Waals surface area contributed by atoms with Crippen molar-refractivity contribution in [2.45, 2.75) is 45.1 Å². The molecular formula is C15H20BrN3O. The van der Waals surface area contributed by atoms with Crippen molar-refractivity contribution >= 4 is 32.7 Å². The van der Waals surface area contributed by atoms with Crippen molar-refractivity contribution in [2.75, 3.05) is 5.32 Å². The Labute approximate surface area is 126 Å². The minimum Gasteiger partial charge on any atom is -0.381 e. The average molecular weight is 338 g/mol. The molecule has 2 atom stereocenters. The second-order valence-electron chi connectivity index (χ2n) is 5.66. The van der Waals surface area contributed by atoms with E-state index in [0.29, 0.717) is 6.04 Å². The second-order valence-corrected chi connectivity index (χ2v) is 6.51. The number of nitrogens with one attached hydrogen (secondary N) is 3. The molecule has 0 saturated heterocycles. The van der Waals surface area contributed by atoms with Crippen LogP contribution in [0.5, 0.6) is 0 Å². The maximum absolute atomic E-state index is 11.4. The summed E-state index contributed by atoms with van der Waals surface area (Å²) in [6.45, 7) is 2.27. The SMILES string of the molecule is CCC1CCCCC1Nc1cc2[nH]c(=O)[nH]c2cc1Br. The Morgan fingerprint density at radius 2 is 1.95 bits per heavy atom. The maximum atomic E-state index is 11.4. The third kappa shape index (κ3) is 2.64. The van der Waals surface area contributed by atoms with Crippen LogP contribution in [0.2, 0.25) is 0 Å². The summed E-state index contributed by atoms with van der Waals surface area (Å²) in [5, 5.41) is 3.67. The van der Waals surface area contributed by atoms with Crippen molar-refractivity contribution in [1.82, 2.24) is 9.97 Å². The highest BCUT2D eigenvalue weighted by Crippen LogP contribution is 2.33. The van der Waals surface area contributed by atoms with Crippen molar-refractivity contribution in [3.8, 4) is 0 Å². The first-order valence-electron chi connectivity index (χ1n) is 7.35. The van der Waals surface area contributed by atoms with E-state index in [4.69, 9.17) is 0 Å². The molecule has 20 heavy (non-hydrogen) atoms. The van der Waals surface area contributed by atoms with Crippen LogP contribution in [0.1, 0.15) is 39.0 Å². The smallest absolute Gasteiger partial charge is 0.323 e. The summed E-state index contributed by atoms with van der Waals surface area (Å²) >= 11 is 3.60. The van der Waals surface area contributed by atoms with E-state index in [1.165, 1.54) is 32.1 Å². The van der Waals surface area contributed by atoms with Crippen LogP contribution in [-0.4, -0.2) is 16.0 Å². The molecule has 1 saturated carbocycles. The van der Waals surface area contributed by atoms with Gasteiger partial charge in [0, 0.05) is 10.5 Å². The number of anilines is 1. The fourth-order valence-electron chi connectivity index (χ4n) is 3.25. The molecule has 1 aromatic heterocycles. The average Bonchev–Trinajstić information content (AvgIpc) is 2.79. The number of H-pyrrole nitrogens is 2. The Morgan fingerprint density at radius 1 is 1.25 bits per heavy atom. The van der Waals surface area contributed by atoms with Crippen molar-refractivity contribution in [1.29, 1.82) is 0 Å². The van der Waals surface area contributed by atoms with Crippen molar-refractivity contribution in [2.24, 2.45) is 5.92 Å². The number of imidazole rings is 1. The van der Waals surface area contributed by atoms with Gasteiger partial charge in [0.25, 0.3) is 0 Å². The normalized spacial score (nSPS) is 23.1. The van der Waals surface area contributed by atoms with E-state index in [1.807, 2.05) is 12.1 Å². The predicted molar refractivity (Wildman–Crippen MR) is 86.3 cm³/mol. The highest BCUT2D eigenvalue weighted by Gasteiger charge is 2.24. The van der Waals surface area contributed by atoms with Gasteiger partial charge >= 0.3 is 5.69 Å². The Morgan fingerprint density at radius 3 is 2.70 bits per heavy atom. The van der Waals surface area contributed by atoms with E-state index in [1.54, 1.807) is 0 Å². The number of rotatable bonds is 3. The first-order valence-corrected chi connectivity index (χ1v) is 8.14. The predicted octanol–water partition coefficient (Wildman–Crippen LogP) is 4.00. The third-order valence-electron chi connectivity index (χ3n) is 4.38. The first-order chi connectivity index (χ1) is 9.67. The fraction of sp³-hybridized carbons (Fsp3) is 0.533. The van der Waals surface area contributed by atoms with Crippen molar-refractivity contribution in [3.63, 3.8) is 0 Å². The van der Waals surface area contributed by atoms with Gasteiger partial charge in [0.2, 0.25) is 0 Å². The number of fused-ring (bicyclic) bond motifs is 1. The van der Waals surface area contributed by atoms with Gasteiger partial charge in [-0.05, 0) is 46.8 Å². The molecule has 0 amide bonds. The lowest BCUT2D eigenvalue weighted by Crippen LogP contribution is -2.31. The quantitative estimate of drug-likeness (QED) is 0.792. The molecule has 0 aliphatic heterocycles. The van der Waals surface area contributed by atoms with Crippen LogP contribution in [0.25, 0.3) is 11.0 Å².